The number of rotatable bonds is 4. The average Bonchev–Trinajstić information content (AvgIpc) is 2.60. The third-order valence-corrected chi connectivity index (χ3v) is 5.52. The molecule has 0 fully saturated rings. The number of carbonyl (C=O) groups excluding carboxylic acids is 1. The van der Waals surface area contributed by atoms with Crippen molar-refractivity contribution in [3.63, 3.8) is 0 Å². The molecule has 0 aromatic heterocycles. The topological polar surface area (TPSA) is 158 Å². The molecule has 9 nitrogen and oxygen atoms in total. The molecule has 4 N–H and O–H groups in total. The Hall–Kier alpha value is -0.990. The number of hydrogen-bond acceptors (Lipinski definition) is 6. The monoisotopic (exact) mass is 469 g/mol. The summed E-state index contributed by atoms with van der Waals surface area (Å²) in [6.07, 6.45) is 0. The molecule has 30 heavy (non-hydrogen) atoms. The Morgan fingerprint density at radius 1 is 0.800 bits per heavy atom. The van der Waals surface area contributed by atoms with Crippen molar-refractivity contribution in [3.8, 4) is 5.75 Å². The van der Waals surface area contributed by atoms with Crippen molar-refractivity contribution in [3.05, 3.63) is 60.2 Å². The van der Waals surface area contributed by atoms with E-state index in [0.717, 1.165) is 24.3 Å². The fraction of sp³-hybridized carbons (Fsp3) is 0. The fourth-order valence-electron chi connectivity index (χ4n) is 2.62. The van der Waals surface area contributed by atoms with Gasteiger partial charge in [0.1, 0.15) is 5.75 Å². The molecule has 3 rings (SSSR count). The largest absolute Gasteiger partial charge is 0.507 e. The van der Waals surface area contributed by atoms with Crippen LogP contribution >= 0.6 is 0 Å². The molecular weight excluding hydrogens is 456 g/mol. The minimum absolute atomic E-state index is 0. The third kappa shape index (κ3) is 6.04. The van der Waals surface area contributed by atoms with E-state index in [1.165, 1.54) is 12.1 Å². The fourth-order valence-corrected chi connectivity index (χ4v) is 3.70. The van der Waals surface area contributed by atoms with E-state index in [0.29, 0.717) is 0 Å². The summed E-state index contributed by atoms with van der Waals surface area (Å²) in [5, 5.41) is 12.4. The van der Waals surface area contributed by atoms with Crippen LogP contribution in [0.25, 0.3) is 10.8 Å². The maximum Gasteiger partial charge on any atom is 0.294 e. The van der Waals surface area contributed by atoms with Crippen LogP contribution in [0.1, 0.15) is 10.4 Å². The van der Waals surface area contributed by atoms with Crippen molar-refractivity contribution >= 4 is 102 Å². The number of fused-ring (bicyclic) bond motifs is 1. The second kappa shape index (κ2) is 10.1. The molecule has 0 heterocycles. The summed E-state index contributed by atoms with van der Waals surface area (Å²) in [7, 11) is -9.43. The summed E-state index contributed by atoms with van der Waals surface area (Å²) in [5.74, 6) is -1.26. The number of hydrogen-bond donors (Lipinski definition) is 4. The number of aromatic hydroxyl groups is 1. The van der Waals surface area contributed by atoms with Gasteiger partial charge in [-0.15, -0.1) is 0 Å². The normalized spacial score (nSPS) is 11.3. The van der Waals surface area contributed by atoms with Gasteiger partial charge in [0.2, 0.25) is 0 Å². The predicted molar refractivity (Wildman–Crippen MR) is 111 cm³/mol. The Labute approximate surface area is 216 Å². The van der Waals surface area contributed by atoms with Crippen molar-refractivity contribution in [2.24, 2.45) is 0 Å². The Morgan fingerprint density at radius 3 is 1.80 bits per heavy atom. The molecule has 0 saturated carbocycles. The molecular formula is C17H13NNa2O8S2. The summed E-state index contributed by atoms with van der Waals surface area (Å²) in [6.45, 7) is 0. The number of amides is 1. The first-order valence-corrected chi connectivity index (χ1v) is 10.5. The molecule has 0 aliphatic rings. The molecule has 13 heteroatoms. The Morgan fingerprint density at radius 2 is 1.30 bits per heavy atom. The van der Waals surface area contributed by atoms with Crippen LogP contribution in [0.4, 0.5) is 5.69 Å². The van der Waals surface area contributed by atoms with E-state index in [1.54, 1.807) is 18.2 Å². The number of carbonyl (C=O) groups is 1. The SMILES string of the molecule is O=C(Nc1cc(S(=O)(=O)O)cc2cc(S(=O)(=O)O)cc(O)c12)c1ccccc1.[Na].[Na]. The van der Waals surface area contributed by atoms with Crippen LogP contribution < -0.4 is 5.32 Å². The summed E-state index contributed by atoms with van der Waals surface area (Å²) in [5.41, 5.74) is 0.0559. The van der Waals surface area contributed by atoms with Gasteiger partial charge >= 0.3 is 0 Å². The van der Waals surface area contributed by atoms with E-state index < -0.39 is 41.7 Å². The van der Waals surface area contributed by atoms with Crippen LogP contribution in [0.5, 0.6) is 5.75 Å². The van der Waals surface area contributed by atoms with Gasteiger partial charge in [0.15, 0.2) is 0 Å². The van der Waals surface area contributed by atoms with Crippen LogP contribution in [0.15, 0.2) is 64.4 Å². The van der Waals surface area contributed by atoms with Crippen molar-refractivity contribution in [1.82, 2.24) is 0 Å². The number of nitrogens with one attached hydrogen (secondary N) is 1. The number of phenols is 1. The standard InChI is InChI=1S/C17H13NO8S2.2Na/c19-15-9-13(28(24,25)26)7-11-6-12(27(21,22)23)8-14(16(11)15)18-17(20)10-4-2-1-3-5-10;;/h1-9,19H,(H,18,20)(H,21,22,23)(H,24,25,26);;. The Bertz CT molecular complexity index is 1310. The van der Waals surface area contributed by atoms with Gasteiger partial charge in [-0.25, -0.2) is 0 Å². The number of anilines is 1. The molecule has 0 bridgehead atoms. The van der Waals surface area contributed by atoms with Gasteiger partial charge in [-0.05, 0) is 35.7 Å². The van der Waals surface area contributed by atoms with Crippen molar-refractivity contribution in [1.29, 1.82) is 0 Å². The van der Waals surface area contributed by atoms with Gasteiger partial charge in [-0.3, -0.25) is 13.9 Å². The van der Waals surface area contributed by atoms with Crippen LogP contribution in [0.2, 0.25) is 0 Å². The van der Waals surface area contributed by atoms with E-state index in [2.05, 4.69) is 5.32 Å². The first kappa shape index (κ1) is 27.0. The summed E-state index contributed by atoms with van der Waals surface area (Å²) >= 11 is 0. The van der Waals surface area contributed by atoms with Gasteiger partial charge in [-0.2, -0.15) is 16.8 Å². The Kier molecular flexibility index (Phi) is 9.09. The second-order valence-corrected chi connectivity index (χ2v) is 8.62. The summed E-state index contributed by atoms with van der Waals surface area (Å²) in [6, 6.07) is 11.4. The van der Waals surface area contributed by atoms with E-state index in [-0.39, 0.29) is 81.1 Å². The molecule has 1 amide bonds. The van der Waals surface area contributed by atoms with Gasteiger partial charge in [0.05, 0.1) is 15.5 Å². The summed E-state index contributed by atoms with van der Waals surface area (Å²) < 4.78 is 64.4. The van der Waals surface area contributed by atoms with Gasteiger partial charge < -0.3 is 10.4 Å². The number of benzene rings is 3. The van der Waals surface area contributed by atoms with Gasteiger partial charge in [-0.1, -0.05) is 18.2 Å². The van der Waals surface area contributed by atoms with Crippen LogP contribution in [0, 0.1) is 0 Å². The van der Waals surface area contributed by atoms with Gasteiger partial charge in [0, 0.05) is 76.1 Å². The zero-order valence-electron chi connectivity index (χ0n) is 15.9. The molecule has 3 aromatic carbocycles. The zero-order chi connectivity index (χ0) is 20.7. The minimum Gasteiger partial charge on any atom is -0.507 e. The molecule has 2 radical (unpaired) electrons. The first-order valence-electron chi connectivity index (χ1n) is 7.59. The van der Waals surface area contributed by atoms with E-state index in [4.69, 9.17) is 0 Å². The maximum atomic E-state index is 12.4. The van der Waals surface area contributed by atoms with Gasteiger partial charge in [0.25, 0.3) is 26.1 Å². The third-order valence-electron chi connectivity index (χ3n) is 3.86. The van der Waals surface area contributed by atoms with Crippen LogP contribution in [0.3, 0.4) is 0 Å². The van der Waals surface area contributed by atoms with Crippen molar-refractivity contribution in [2.45, 2.75) is 9.79 Å². The van der Waals surface area contributed by atoms with E-state index >= 15 is 0 Å². The van der Waals surface area contributed by atoms with E-state index in [1.807, 2.05) is 0 Å². The zero-order valence-corrected chi connectivity index (χ0v) is 21.5. The molecule has 0 atom stereocenters. The minimum atomic E-state index is -4.72. The molecule has 148 valence electrons. The quantitative estimate of drug-likeness (QED) is 0.331. The second-order valence-electron chi connectivity index (χ2n) is 5.78. The average molecular weight is 469 g/mol. The number of phenolic OH excluding ortho intramolecular Hbond substituents is 1. The van der Waals surface area contributed by atoms with Crippen LogP contribution in [-0.2, 0) is 20.2 Å². The molecule has 3 aromatic rings. The Balaban J connectivity index is 0.00000225. The first-order chi connectivity index (χ1) is 13.0. The predicted octanol–water partition coefficient (Wildman–Crippen LogP) is 1.53. The molecule has 0 spiro atoms. The summed E-state index contributed by atoms with van der Waals surface area (Å²) in [4.78, 5) is 11.1. The van der Waals surface area contributed by atoms with Crippen molar-refractivity contribution < 1.29 is 35.8 Å². The van der Waals surface area contributed by atoms with Crippen molar-refractivity contribution in [2.75, 3.05) is 5.32 Å². The van der Waals surface area contributed by atoms with E-state index in [9.17, 15) is 35.8 Å². The maximum absolute atomic E-state index is 12.4. The van der Waals surface area contributed by atoms with Crippen LogP contribution in [-0.4, -0.2) is 96.1 Å². The molecule has 0 saturated heterocycles. The molecule has 0 aliphatic carbocycles. The molecule has 0 aliphatic heterocycles. The smallest absolute Gasteiger partial charge is 0.294 e. The molecule has 0 unspecified atom stereocenters.